The smallest absolute Gasteiger partial charge is 0.161 e. The molecule has 0 saturated heterocycles. The average molecular weight is 641 g/mol. The summed E-state index contributed by atoms with van der Waals surface area (Å²) in [4.78, 5) is 9.50. The highest BCUT2D eigenvalue weighted by atomic mass is 16.3. The highest BCUT2D eigenvalue weighted by molar-refractivity contribution is 6.09. The van der Waals surface area contributed by atoms with Crippen LogP contribution in [0.15, 0.2) is 179 Å². The molecule has 50 heavy (non-hydrogen) atoms. The van der Waals surface area contributed by atoms with Crippen LogP contribution in [0.2, 0.25) is 0 Å². The van der Waals surface area contributed by atoms with E-state index in [2.05, 4.69) is 121 Å². The Morgan fingerprint density at radius 3 is 1.30 bits per heavy atom. The van der Waals surface area contributed by atoms with Crippen LogP contribution in [0.5, 0.6) is 0 Å². The number of hydrogen-bond acceptors (Lipinski definition) is 4. The number of rotatable bonds is 5. The van der Waals surface area contributed by atoms with Crippen LogP contribution in [-0.2, 0) is 0 Å². The van der Waals surface area contributed by atoms with Crippen molar-refractivity contribution < 1.29 is 8.83 Å². The first kappa shape index (κ1) is 28.3. The van der Waals surface area contributed by atoms with Crippen molar-refractivity contribution in [3.63, 3.8) is 0 Å². The molecule has 0 unspecified atom stereocenters. The van der Waals surface area contributed by atoms with E-state index in [1.54, 1.807) is 0 Å². The second-order valence-corrected chi connectivity index (χ2v) is 12.6. The van der Waals surface area contributed by atoms with Crippen molar-refractivity contribution in [1.29, 1.82) is 0 Å². The number of fused-ring (bicyclic) bond motifs is 6. The van der Waals surface area contributed by atoms with Crippen LogP contribution in [0, 0.1) is 0 Å². The topological polar surface area (TPSA) is 52.1 Å². The summed E-state index contributed by atoms with van der Waals surface area (Å²) in [7, 11) is 0. The third-order valence-electron chi connectivity index (χ3n) is 9.62. The molecule has 4 heterocycles. The third-order valence-corrected chi connectivity index (χ3v) is 9.62. The van der Waals surface area contributed by atoms with Crippen molar-refractivity contribution in [2.45, 2.75) is 0 Å². The summed E-state index contributed by atoms with van der Waals surface area (Å²) >= 11 is 0. The van der Waals surface area contributed by atoms with Gasteiger partial charge in [0.25, 0.3) is 0 Å². The summed E-state index contributed by atoms with van der Waals surface area (Å²) in [5, 5.41) is 2.03. The summed E-state index contributed by atoms with van der Waals surface area (Å²) in [6, 6.07) is 54.8. The molecule has 234 valence electrons. The van der Waals surface area contributed by atoms with Gasteiger partial charge in [0.15, 0.2) is 11.2 Å². The quantitative estimate of drug-likeness (QED) is 0.188. The van der Waals surface area contributed by atoms with Gasteiger partial charge in [0.05, 0.1) is 0 Å². The summed E-state index contributed by atoms with van der Waals surface area (Å²) in [6.07, 6.45) is 3.74. The number of pyridine rings is 2. The van der Waals surface area contributed by atoms with Gasteiger partial charge in [-0.2, -0.15) is 0 Å². The largest absolute Gasteiger partial charge is 0.454 e. The Balaban J connectivity index is 0.996. The Morgan fingerprint density at radius 1 is 0.320 bits per heavy atom. The molecule has 0 N–H and O–H groups in total. The summed E-state index contributed by atoms with van der Waals surface area (Å²) in [5.74, 6) is 0. The van der Waals surface area contributed by atoms with Crippen molar-refractivity contribution in [3.8, 4) is 55.6 Å². The fourth-order valence-corrected chi connectivity index (χ4v) is 7.10. The lowest BCUT2D eigenvalue weighted by molar-refractivity contribution is 0.669. The summed E-state index contributed by atoms with van der Waals surface area (Å²) in [6.45, 7) is 0. The first-order chi connectivity index (χ1) is 24.8. The van der Waals surface area contributed by atoms with Crippen molar-refractivity contribution in [3.05, 3.63) is 170 Å². The molecular formula is C46H28N2O2. The lowest BCUT2D eigenvalue weighted by Crippen LogP contribution is -1.85. The molecule has 0 radical (unpaired) electrons. The van der Waals surface area contributed by atoms with Crippen LogP contribution < -0.4 is 0 Å². The maximum atomic E-state index is 6.45. The second kappa shape index (κ2) is 11.4. The molecule has 4 heteroatoms. The first-order valence-corrected chi connectivity index (χ1v) is 16.7. The molecule has 0 saturated carbocycles. The molecule has 0 aliphatic carbocycles. The van der Waals surface area contributed by atoms with Gasteiger partial charge in [0.2, 0.25) is 0 Å². The van der Waals surface area contributed by atoms with Crippen LogP contribution in [-0.4, -0.2) is 9.97 Å². The van der Waals surface area contributed by atoms with Crippen molar-refractivity contribution in [2.24, 2.45) is 0 Å². The van der Waals surface area contributed by atoms with Crippen LogP contribution in [0.3, 0.4) is 0 Å². The summed E-state index contributed by atoms with van der Waals surface area (Å²) < 4.78 is 12.9. The molecule has 0 fully saturated rings. The van der Waals surface area contributed by atoms with E-state index in [0.717, 1.165) is 88.6 Å². The molecule has 4 nitrogen and oxygen atoms in total. The van der Waals surface area contributed by atoms with E-state index < -0.39 is 0 Å². The van der Waals surface area contributed by atoms with Crippen molar-refractivity contribution in [1.82, 2.24) is 9.97 Å². The first-order valence-electron chi connectivity index (χ1n) is 16.7. The fraction of sp³-hybridized carbons (Fsp3) is 0. The molecule has 0 atom stereocenters. The van der Waals surface area contributed by atoms with E-state index in [0.29, 0.717) is 0 Å². The zero-order chi connectivity index (χ0) is 33.0. The van der Waals surface area contributed by atoms with E-state index >= 15 is 0 Å². The van der Waals surface area contributed by atoms with Gasteiger partial charge in [0.1, 0.15) is 22.2 Å². The highest BCUT2D eigenvalue weighted by Gasteiger charge is 2.17. The molecule has 6 aromatic carbocycles. The Hall–Kier alpha value is -6.78. The minimum atomic E-state index is 0.795. The maximum absolute atomic E-state index is 6.45. The SMILES string of the molecule is c1ccc(-c2ccc3oc4c(-c5ccc(-c6cccc(-c7ccnc8c7oc7ccc(-c9ccccc9)cc78)c6)cc5)ccnc4c3c2)cc1. The Kier molecular flexibility index (Phi) is 6.46. The Morgan fingerprint density at radius 2 is 0.740 bits per heavy atom. The van der Waals surface area contributed by atoms with Gasteiger partial charge in [0, 0.05) is 34.3 Å². The Bertz CT molecular complexity index is 2850. The van der Waals surface area contributed by atoms with Crippen molar-refractivity contribution in [2.75, 3.05) is 0 Å². The molecule has 0 aliphatic heterocycles. The van der Waals surface area contributed by atoms with Crippen LogP contribution >= 0.6 is 0 Å². The molecule has 0 aliphatic rings. The lowest BCUT2D eigenvalue weighted by atomic mass is 9.97. The van der Waals surface area contributed by atoms with Gasteiger partial charge in [-0.15, -0.1) is 0 Å². The molecule has 0 bridgehead atoms. The van der Waals surface area contributed by atoms with E-state index in [4.69, 9.17) is 18.8 Å². The molecular weight excluding hydrogens is 613 g/mol. The number of nitrogens with zero attached hydrogens (tertiary/aromatic N) is 2. The molecule has 0 spiro atoms. The maximum Gasteiger partial charge on any atom is 0.161 e. The molecule has 10 aromatic rings. The molecule has 0 amide bonds. The number of aromatic nitrogens is 2. The summed E-state index contributed by atoms with van der Waals surface area (Å²) in [5.41, 5.74) is 16.1. The van der Waals surface area contributed by atoms with Gasteiger partial charge in [-0.05, 0) is 87.0 Å². The third kappa shape index (κ3) is 4.69. The minimum Gasteiger partial charge on any atom is -0.454 e. The van der Waals surface area contributed by atoms with Crippen LogP contribution in [0.4, 0.5) is 0 Å². The van der Waals surface area contributed by atoms with E-state index in [-0.39, 0.29) is 0 Å². The van der Waals surface area contributed by atoms with Gasteiger partial charge < -0.3 is 8.83 Å². The molecule has 10 rings (SSSR count). The van der Waals surface area contributed by atoms with Gasteiger partial charge in [-0.1, -0.05) is 115 Å². The monoisotopic (exact) mass is 640 g/mol. The number of benzene rings is 6. The number of hydrogen-bond donors (Lipinski definition) is 0. The van der Waals surface area contributed by atoms with Gasteiger partial charge in [-0.25, -0.2) is 0 Å². The second-order valence-electron chi connectivity index (χ2n) is 12.6. The predicted molar refractivity (Wildman–Crippen MR) is 204 cm³/mol. The Labute approximate surface area is 287 Å². The van der Waals surface area contributed by atoms with Crippen molar-refractivity contribution >= 4 is 44.1 Å². The van der Waals surface area contributed by atoms with Crippen LogP contribution in [0.25, 0.3) is 99.8 Å². The number of furan rings is 2. The predicted octanol–water partition coefficient (Wildman–Crippen LogP) is 12.6. The standard InChI is InChI=1S/C46H28N2O2/c1-3-8-29(9-4-1)34-18-20-41-39(27-34)43-45(49-41)37(22-24-47-43)32-16-14-31(15-17-32)33-12-7-13-36(26-33)38-23-25-48-44-40-28-35(30-10-5-2-6-11-30)19-21-42(40)50-46(38)44/h1-28H. The minimum absolute atomic E-state index is 0.795. The van der Waals surface area contributed by atoms with Gasteiger partial charge in [-0.3, -0.25) is 9.97 Å². The van der Waals surface area contributed by atoms with Gasteiger partial charge >= 0.3 is 0 Å². The molecule has 4 aromatic heterocycles. The zero-order valence-corrected chi connectivity index (χ0v) is 26.9. The van der Waals surface area contributed by atoms with Crippen LogP contribution in [0.1, 0.15) is 0 Å². The average Bonchev–Trinajstić information content (AvgIpc) is 3.76. The zero-order valence-electron chi connectivity index (χ0n) is 26.9. The van der Waals surface area contributed by atoms with E-state index in [9.17, 15) is 0 Å². The normalized spacial score (nSPS) is 11.6. The lowest BCUT2D eigenvalue weighted by Gasteiger charge is -2.08. The van der Waals surface area contributed by atoms with E-state index in [1.165, 1.54) is 11.1 Å². The fourth-order valence-electron chi connectivity index (χ4n) is 7.10. The van der Waals surface area contributed by atoms with E-state index in [1.807, 2.05) is 48.8 Å². The highest BCUT2D eigenvalue weighted by Crippen LogP contribution is 2.39.